The summed E-state index contributed by atoms with van der Waals surface area (Å²) < 4.78 is 5.20. The number of hydrogen-bond acceptors (Lipinski definition) is 2. The quantitative estimate of drug-likeness (QED) is 0.457. The van der Waals surface area contributed by atoms with Gasteiger partial charge in [0.05, 0.1) is 6.08 Å². The van der Waals surface area contributed by atoms with Crippen molar-refractivity contribution in [2.45, 2.75) is 39.7 Å². The van der Waals surface area contributed by atoms with Crippen molar-refractivity contribution in [2.24, 2.45) is 0 Å². The predicted molar refractivity (Wildman–Crippen MR) is 74.1 cm³/mol. The highest BCUT2D eigenvalue weighted by Gasteiger charge is 2.13. The minimum atomic E-state index is -0.464. The van der Waals surface area contributed by atoms with Crippen LogP contribution in [-0.2, 0) is 9.53 Å². The van der Waals surface area contributed by atoms with E-state index in [-0.39, 0.29) is 5.97 Å². The Balaban J connectivity index is 2.89. The minimum Gasteiger partial charge on any atom is -0.456 e. The number of carbonyl (C=O) groups is 1. The van der Waals surface area contributed by atoms with Crippen LogP contribution >= 0.6 is 0 Å². The highest BCUT2D eigenvalue weighted by Crippen LogP contribution is 2.16. The highest BCUT2D eigenvalue weighted by atomic mass is 16.6. The maximum atomic E-state index is 11.6. The summed E-state index contributed by atoms with van der Waals surface area (Å²) in [4.78, 5) is 11.6. The summed E-state index contributed by atoms with van der Waals surface area (Å²) in [6.07, 6.45) is 2.19. The standard InChI is InChI=1S/C16H20O2/c1-5-13(14-9-7-6-8-10-14)11-12-15(17)18-16(2,3)4/h6-10,12H,5H2,1-4H3. The average Bonchev–Trinajstić information content (AvgIpc) is 2.29. The van der Waals surface area contributed by atoms with E-state index >= 15 is 0 Å². The maximum absolute atomic E-state index is 11.6. The lowest BCUT2D eigenvalue weighted by Gasteiger charge is -2.17. The molecule has 0 heterocycles. The van der Waals surface area contributed by atoms with Crippen LogP contribution in [0.4, 0.5) is 0 Å². The van der Waals surface area contributed by atoms with Crippen LogP contribution in [0.3, 0.4) is 0 Å². The van der Waals surface area contributed by atoms with E-state index in [0.29, 0.717) is 0 Å². The number of ether oxygens (including phenoxy) is 1. The summed E-state index contributed by atoms with van der Waals surface area (Å²) in [6.45, 7) is 7.58. The molecule has 0 atom stereocenters. The van der Waals surface area contributed by atoms with Crippen molar-refractivity contribution in [3.63, 3.8) is 0 Å². The first-order valence-corrected chi connectivity index (χ1v) is 6.16. The highest BCUT2D eigenvalue weighted by molar-refractivity contribution is 5.83. The van der Waals surface area contributed by atoms with Crippen LogP contribution in [0.5, 0.6) is 0 Å². The smallest absolute Gasteiger partial charge is 0.339 e. The number of carbonyl (C=O) groups excluding carboxylic acids is 1. The second-order valence-corrected chi connectivity index (χ2v) is 5.02. The molecule has 0 saturated carbocycles. The molecular weight excluding hydrogens is 224 g/mol. The summed E-state index contributed by atoms with van der Waals surface area (Å²) in [5, 5.41) is 0. The van der Waals surface area contributed by atoms with Crippen molar-refractivity contribution in [3.05, 3.63) is 47.7 Å². The van der Waals surface area contributed by atoms with E-state index < -0.39 is 5.60 Å². The van der Waals surface area contributed by atoms with Gasteiger partial charge in [0.15, 0.2) is 0 Å². The van der Waals surface area contributed by atoms with Gasteiger partial charge < -0.3 is 4.74 Å². The first-order chi connectivity index (χ1) is 8.42. The van der Waals surface area contributed by atoms with Crippen LogP contribution in [0.2, 0.25) is 0 Å². The molecule has 0 bridgehead atoms. The van der Waals surface area contributed by atoms with Crippen molar-refractivity contribution in [1.29, 1.82) is 0 Å². The van der Waals surface area contributed by atoms with Gasteiger partial charge in [-0.3, -0.25) is 0 Å². The number of benzene rings is 1. The molecule has 0 spiro atoms. The molecule has 2 heteroatoms. The van der Waals surface area contributed by atoms with Crippen molar-refractivity contribution in [1.82, 2.24) is 0 Å². The van der Waals surface area contributed by atoms with Crippen LogP contribution in [-0.4, -0.2) is 11.6 Å². The first kappa shape index (κ1) is 14.3. The van der Waals surface area contributed by atoms with Crippen LogP contribution in [0, 0.1) is 0 Å². The van der Waals surface area contributed by atoms with Gasteiger partial charge >= 0.3 is 5.97 Å². The monoisotopic (exact) mass is 244 g/mol. The summed E-state index contributed by atoms with van der Waals surface area (Å²) in [5.41, 5.74) is 4.65. The van der Waals surface area contributed by atoms with Gasteiger partial charge in [-0.25, -0.2) is 4.79 Å². The van der Waals surface area contributed by atoms with E-state index in [1.54, 1.807) is 0 Å². The maximum Gasteiger partial charge on any atom is 0.339 e. The van der Waals surface area contributed by atoms with E-state index in [0.717, 1.165) is 17.6 Å². The largest absolute Gasteiger partial charge is 0.456 e. The molecule has 2 nitrogen and oxygen atoms in total. The van der Waals surface area contributed by atoms with E-state index in [1.807, 2.05) is 58.0 Å². The topological polar surface area (TPSA) is 26.3 Å². The lowest BCUT2D eigenvalue weighted by molar-refractivity contribution is -0.148. The van der Waals surface area contributed by atoms with Crippen molar-refractivity contribution < 1.29 is 9.53 Å². The Kier molecular flexibility index (Phi) is 4.94. The predicted octanol–water partition coefficient (Wildman–Crippen LogP) is 3.98. The van der Waals surface area contributed by atoms with Crippen molar-refractivity contribution in [2.75, 3.05) is 0 Å². The molecule has 0 aliphatic rings. The van der Waals surface area contributed by atoms with Gasteiger partial charge in [-0.15, -0.1) is 5.73 Å². The van der Waals surface area contributed by atoms with Gasteiger partial charge in [-0.1, -0.05) is 37.3 Å². The summed E-state index contributed by atoms with van der Waals surface area (Å²) >= 11 is 0. The second kappa shape index (κ2) is 6.23. The minimum absolute atomic E-state index is 0.357. The molecule has 1 aromatic rings. The van der Waals surface area contributed by atoms with Crippen molar-refractivity contribution >= 4 is 11.5 Å². The third-order valence-corrected chi connectivity index (χ3v) is 2.25. The molecule has 0 aliphatic carbocycles. The molecule has 0 amide bonds. The summed E-state index contributed by atoms with van der Waals surface area (Å²) in [6, 6.07) is 9.93. The Morgan fingerprint density at radius 3 is 2.39 bits per heavy atom. The van der Waals surface area contributed by atoms with Gasteiger partial charge in [0.2, 0.25) is 0 Å². The summed E-state index contributed by atoms with van der Waals surface area (Å²) in [7, 11) is 0. The number of rotatable bonds is 3. The molecule has 0 unspecified atom stereocenters. The van der Waals surface area contributed by atoms with Crippen LogP contribution in [0.25, 0.3) is 5.57 Å². The molecule has 18 heavy (non-hydrogen) atoms. The fourth-order valence-electron chi connectivity index (χ4n) is 1.51. The Morgan fingerprint density at radius 1 is 1.28 bits per heavy atom. The fraction of sp³-hybridized carbons (Fsp3) is 0.375. The average molecular weight is 244 g/mol. The van der Waals surface area contributed by atoms with Gasteiger partial charge in [-0.2, -0.15) is 0 Å². The molecule has 1 aromatic carbocycles. The molecular formula is C16H20O2. The normalized spacial score (nSPS) is 10.4. The van der Waals surface area contributed by atoms with E-state index in [1.165, 1.54) is 6.08 Å². The Bertz CT molecular complexity index is 458. The van der Waals surface area contributed by atoms with Gasteiger partial charge in [0, 0.05) is 5.57 Å². The molecule has 1 rings (SSSR count). The Hall–Kier alpha value is -1.79. The SMILES string of the molecule is CCC(=C=CC(=O)OC(C)(C)C)c1ccccc1. The lowest BCUT2D eigenvalue weighted by Crippen LogP contribution is -2.22. The van der Waals surface area contributed by atoms with Crippen LogP contribution in [0.15, 0.2) is 42.1 Å². The third kappa shape index (κ3) is 5.03. The third-order valence-electron chi connectivity index (χ3n) is 2.25. The van der Waals surface area contributed by atoms with E-state index in [2.05, 4.69) is 5.73 Å². The zero-order valence-electron chi connectivity index (χ0n) is 11.5. The van der Waals surface area contributed by atoms with Gasteiger partial charge in [-0.05, 0) is 32.8 Å². The zero-order valence-corrected chi connectivity index (χ0v) is 11.5. The van der Waals surface area contributed by atoms with Crippen LogP contribution in [0.1, 0.15) is 39.7 Å². The zero-order chi connectivity index (χ0) is 13.6. The van der Waals surface area contributed by atoms with Gasteiger partial charge in [0.25, 0.3) is 0 Å². The molecule has 0 radical (unpaired) electrons. The van der Waals surface area contributed by atoms with E-state index in [4.69, 9.17) is 4.74 Å². The Labute approximate surface area is 109 Å². The number of hydrogen-bond donors (Lipinski definition) is 0. The van der Waals surface area contributed by atoms with Gasteiger partial charge in [0.1, 0.15) is 5.60 Å². The molecule has 96 valence electrons. The van der Waals surface area contributed by atoms with E-state index in [9.17, 15) is 4.79 Å². The van der Waals surface area contributed by atoms with Crippen molar-refractivity contribution in [3.8, 4) is 0 Å². The fourth-order valence-corrected chi connectivity index (χ4v) is 1.51. The molecule has 0 aromatic heterocycles. The molecule has 0 saturated heterocycles. The Morgan fingerprint density at radius 2 is 1.89 bits per heavy atom. The lowest BCUT2D eigenvalue weighted by atomic mass is 10.0. The first-order valence-electron chi connectivity index (χ1n) is 6.16. The second-order valence-electron chi connectivity index (χ2n) is 5.02. The summed E-state index contributed by atoms with van der Waals surface area (Å²) in [5.74, 6) is -0.357. The molecule has 0 N–H and O–H groups in total. The number of esters is 1. The molecule has 0 fully saturated rings. The molecule has 0 aliphatic heterocycles. The van der Waals surface area contributed by atoms with Crippen LogP contribution < -0.4 is 0 Å².